The van der Waals surface area contributed by atoms with Crippen LogP contribution in [0.1, 0.15) is 254 Å². The van der Waals surface area contributed by atoms with Gasteiger partial charge in [0.15, 0.2) is 0 Å². The zero-order valence-electron chi connectivity index (χ0n) is 41.8. The Balaban J connectivity index is 2.02. The molecule has 2 rings (SSSR count). The van der Waals surface area contributed by atoms with Crippen molar-refractivity contribution in [2.45, 2.75) is 254 Å². The van der Waals surface area contributed by atoms with Gasteiger partial charge in [-0.1, -0.05) is 132 Å². The number of carbonyl (C=O) groups excluding carboxylic acids is 3. The highest BCUT2D eigenvalue weighted by Gasteiger charge is 2.52. The Bertz CT molecular complexity index is 1130. The number of hydrogen-bond acceptors (Lipinski definition) is 7. The largest absolute Gasteiger partial charge is 0.466 e. The molecule has 0 spiro atoms. The summed E-state index contributed by atoms with van der Waals surface area (Å²) < 4.78 is 17.7. The first-order valence-electron chi connectivity index (χ1n) is 26.6. The molecule has 0 saturated heterocycles. The monoisotopic (exact) mass is 860 g/mol. The topological polar surface area (TPSA) is 82.1 Å². The van der Waals surface area contributed by atoms with Crippen LogP contribution in [0.4, 0.5) is 0 Å². The lowest BCUT2D eigenvalue weighted by Gasteiger charge is -2.58. The van der Waals surface area contributed by atoms with Gasteiger partial charge in [0, 0.05) is 19.3 Å². The Labute approximate surface area is 378 Å². The molecule has 2 aliphatic carbocycles. The number of fused-ring (bicyclic) bond motifs is 2. The lowest BCUT2D eigenvalue weighted by atomic mass is 9.47. The summed E-state index contributed by atoms with van der Waals surface area (Å²) in [6.45, 7) is 22.9. The molecule has 0 radical (unpaired) electrons. The van der Waals surface area contributed by atoms with Gasteiger partial charge >= 0.3 is 17.9 Å². The van der Waals surface area contributed by atoms with E-state index in [1.807, 2.05) is 0 Å². The van der Waals surface area contributed by atoms with Crippen LogP contribution in [0.5, 0.6) is 0 Å². The molecule has 358 valence electrons. The molecule has 0 amide bonds. The van der Waals surface area contributed by atoms with Gasteiger partial charge < -0.3 is 19.1 Å². The molecule has 0 aromatic rings. The lowest BCUT2D eigenvalue weighted by molar-refractivity contribution is -0.146. The molecule has 4 atom stereocenters. The minimum atomic E-state index is -0.0581. The fraction of sp³-hybridized carbons (Fsp3) is 0.944. The predicted octanol–water partition coefficient (Wildman–Crippen LogP) is 15.0. The summed E-state index contributed by atoms with van der Waals surface area (Å²) in [4.78, 5) is 41.2. The summed E-state index contributed by atoms with van der Waals surface area (Å²) in [6, 6.07) is 0. The summed E-state index contributed by atoms with van der Waals surface area (Å²) in [6.07, 6.45) is 33.8. The van der Waals surface area contributed by atoms with Crippen molar-refractivity contribution in [1.29, 1.82) is 0 Å². The maximum atomic E-state index is 13.2. The number of hydrogen-bond donors (Lipinski definition) is 0. The van der Waals surface area contributed by atoms with Gasteiger partial charge in [-0.3, -0.25) is 14.4 Å². The van der Waals surface area contributed by atoms with Crippen LogP contribution in [-0.2, 0) is 28.6 Å². The average molecular weight is 860 g/mol. The minimum absolute atomic E-state index is 0.000672. The molecule has 0 aromatic carbocycles. The van der Waals surface area contributed by atoms with Gasteiger partial charge in [-0.15, -0.1) is 0 Å². The summed E-state index contributed by atoms with van der Waals surface area (Å²) in [5, 5.41) is 0. The highest BCUT2D eigenvalue weighted by atomic mass is 16.5. The zero-order chi connectivity index (χ0) is 44.8. The molecule has 0 aromatic heterocycles. The Hall–Kier alpha value is -1.63. The first kappa shape index (κ1) is 55.5. The average Bonchev–Trinajstić information content (AvgIpc) is 3.21. The molecule has 4 unspecified atom stereocenters. The van der Waals surface area contributed by atoms with E-state index in [0.29, 0.717) is 56.8 Å². The number of nitrogens with zero attached hydrogens (tertiary/aromatic N) is 1. The van der Waals surface area contributed by atoms with Crippen molar-refractivity contribution < 1.29 is 28.6 Å². The number of unbranched alkanes of at least 4 members (excludes halogenated alkanes) is 8. The second-order valence-corrected chi connectivity index (χ2v) is 21.2. The van der Waals surface area contributed by atoms with E-state index in [0.717, 1.165) is 90.3 Å². The summed E-state index contributed by atoms with van der Waals surface area (Å²) in [5.41, 5.74) is 0.629. The van der Waals surface area contributed by atoms with E-state index in [2.05, 4.69) is 60.3 Å². The van der Waals surface area contributed by atoms with Crippen molar-refractivity contribution in [2.75, 3.05) is 39.5 Å². The molecule has 7 nitrogen and oxygen atoms in total. The van der Waals surface area contributed by atoms with Gasteiger partial charge in [0.1, 0.15) is 0 Å². The molecular formula is C54H101NO6. The first-order chi connectivity index (χ1) is 29.4. The molecule has 0 N–H and O–H groups in total. The Morgan fingerprint density at radius 3 is 1.30 bits per heavy atom. The fourth-order valence-corrected chi connectivity index (χ4v) is 12.1. The molecule has 2 fully saturated rings. The predicted molar refractivity (Wildman–Crippen MR) is 256 cm³/mol. The van der Waals surface area contributed by atoms with Crippen LogP contribution in [0.3, 0.4) is 0 Å². The van der Waals surface area contributed by atoms with Crippen LogP contribution < -0.4 is 0 Å². The van der Waals surface area contributed by atoms with Crippen LogP contribution >= 0.6 is 0 Å². The van der Waals surface area contributed by atoms with Crippen LogP contribution in [-0.4, -0.2) is 62.3 Å². The fourth-order valence-electron chi connectivity index (χ4n) is 12.1. The standard InChI is InChI=1S/C54H101NO6/c1-9-15-19-27-46(28-20-16-10-2)39-50(57)60-37-25-33-53(8)42-48-41-52(7,32-24-36-59-49(56)31-23-35-55(13-5)14-6)44-54(43-48,45-53)34-26-38-61-51(58)40-47(29-21-17-11-3)30-22-18-12-4/h46-48H,9-45H2,1-8H3. The quantitative estimate of drug-likeness (QED) is 0.0347. The maximum absolute atomic E-state index is 13.2. The van der Waals surface area contributed by atoms with Crippen molar-refractivity contribution in [1.82, 2.24) is 4.90 Å². The molecule has 2 bridgehead atoms. The molecule has 2 aliphatic rings. The third kappa shape index (κ3) is 24.3. The highest BCUT2D eigenvalue weighted by molar-refractivity contribution is 5.70. The van der Waals surface area contributed by atoms with Gasteiger partial charge in [0.05, 0.1) is 19.8 Å². The summed E-state index contributed by atoms with van der Waals surface area (Å²) >= 11 is 0. The normalized spacial score (nSPS) is 22.6. The third-order valence-corrected chi connectivity index (χ3v) is 14.9. The summed E-state index contributed by atoms with van der Waals surface area (Å²) in [7, 11) is 0. The van der Waals surface area contributed by atoms with Crippen LogP contribution in [0.15, 0.2) is 0 Å². The van der Waals surface area contributed by atoms with Crippen molar-refractivity contribution in [2.24, 2.45) is 34.0 Å². The number of rotatable bonds is 38. The lowest BCUT2D eigenvalue weighted by Crippen LogP contribution is -2.47. The number of esters is 3. The van der Waals surface area contributed by atoms with Crippen molar-refractivity contribution in [3.8, 4) is 0 Å². The van der Waals surface area contributed by atoms with Crippen LogP contribution in [0, 0.1) is 34.0 Å². The van der Waals surface area contributed by atoms with Crippen molar-refractivity contribution in [3.05, 3.63) is 0 Å². The van der Waals surface area contributed by atoms with E-state index in [1.54, 1.807) is 0 Å². The second kappa shape index (κ2) is 32.1. The molecule has 0 aliphatic heterocycles. The van der Waals surface area contributed by atoms with Gasteiger partial charge in [0.2, 0.25) is 0 Å². The molecule has 2 saturated carbocycles. The van der Waals surface area contributed by atoms with Crippen LogP contribution in [0.25, 0.3) is 0 Å². The summed E-state index contributed by atoms with van der Waals surface area (Å²) in [5.74, 6) is 1.51. The maximum Gasteiger partial charge on any atom is 0.306 e. The Kier molecular flexibility index (Phi) is 29.2. The second-order valence-electron chi connectivity index (χ2n) is 21.2. The van der Waals surface area contributed by atoms with Gasteiger partial charge in [0.25, 0.3) is 0 Å². The highest BCUT2D eigenvalue weighted by Crippen LogP contribution is 2.64. The van der Waals surface area contributed by atoms with E-state index in [4.69, 9.17) is 14.2 Å². The third-order valence-electron chi connectivity index (χ3n) is 14.9. The van der Waals surface area contributed by atoms with E-state index in [1.165, 1.54) is 109 Å². The molecular weight excluding hydrogens is 759 g/mol. The SMILES string of the molecule is CCCCCC(CCCCC)CC(=O)OCCCC1(C)CC2CC(C)(CCCOC(=O)CCCN(CC)CC)CC(CCCOC(=O)CC(CCCCC)CCCCC)(C2)C1. The van der Waals surface area contributed by atoms with Gasteiger partial charge in [-0.25, -0.2) is 0 Å². The first-order valence-corrected chi connectivity index (χ1v) is 26.6. The van der Waals surface area contributed by atoms with E-state index in [9.17, 15) is 14.4 Å². The number of carbonyl (C=O) groups is 3. The van der Waals surface area contributed by atoms with Crippen LogP contribution in [0.2, 0.25) is 0 Å². The molecule has 7 heteroatoms. The van der Waals surface area contributed by atoms with Gasteiger partial charge in [-0.2, -0.15) is 0 Å². The Morgan fingerprint density at radius 1 is 0.508 bits per heavy atom. The Morgan fingerprint density at radius 2 is 0.902 bits per heavy atom. The van der Waals surface area contributed by atoms with E-state index in [-0.39, 0.29) is 34.2 Å². The molecule has 61 heavy (non-hydrogen) atoms. The smallest absolute Gasteiger partial charge is 0.306 e. The number of ether oxygens (including phenoxy) is 3. The zero-order valence-corrected chi connectivity index (χ0v) is 41.8. The van der Waals surface area contributed by atoms with Crippen molar-refractivity contribution >= 4 is 17.9 Å². The van der Waals surface area contributed by atoms with Crippen molar-refractivity contribution in [3.63, 3.8) is 0 Å². The van der Waals surface area contributed by atoms with E-state index >= 15 is 0 Å². The van der Waals surface area contributed by atoms with E-state index < -0.39 is 0 Å². The minimum Gasteiger partial charge on any atom is -0.466 e. The molecule has 0 heterocycles. The van der Waals surface area contributed by atoms with Gasteiger partial charge in [-0.05, 0) is 156 Å².